The molecule has 1 aromatic heterocycles. The highest BCUT2D eigenvalue weighted by Crippen LogP contribution is 2.29. The average molecular weight is 271 g/mol. The van der Waals surface area contributed by atoms with Crippen LogP contribution in [0.25, 0.3) is 10.9 Å². The molecule has 1 aromatic carbocycles. The minimum atomic E-state index is -0.832. The fourth-order valence-corrected chi connectivity index (χ4v) is 2.68. The van der Waals surface area contributed by atoms with Crippen LogP contribution in [-0.2, 0) is 4.79 Å². The van der Waals surface area contributed by atoms with Gasteiger partial charge < -0.3 is 9.88 Å². The molecule has 0 radical (unpaired) electrons. The van der Waals surface area contributed by atoms with Crippen LogP contribution in [0, 0.1) is 23.1 Å². The van der Waals surface area contributed by atoms with Crippen molar-refractivity contribution in [1.29, 1.82) is 5.26 Å². The molecule has 1 N–H and O–H groups in total. The summed E-state index contributed by atoms with van der Waals surface area (Å²) in [6.07, 6.45) is 1.62. The zero-order chi connectivity index (χ0) is 14.3. The number of fused-ring (bicyclic) bond motifs is 1. The molecule has 2 heterocycles. The van der Waals surface area contributed by atoms with Gasteiger partial charge in [-0.1, -0.05) is 6.92 Å². The molecule has 5 heteroatoms. The van der Waals surface area contributed by atoms with E-state index in [2.05, 4.69) is 18.0 Å². The second-order valence-electron chi connectivity index (χ2n) is 5.34. The molecule has 0 bridgehead atoms. The third-order valence-electron chi connectivity index (χ3n) is 3.74. The molecule has 1 amide bonds. The van der Waals surface area contributed by atoms with Gasteiger partial charge in [-0.3, -0.25) is 4.79 Å². The van der Waals surface area contributed by atoms with Gasteiger partial charge in [0.15, 0.2) is 5.92 Å². The number of aromatic amines is 1. The number of hydrogen-bond acceptors (Lipinski definition) is 2. The molecule has 0 aliphatic carbocycles. The van der Waals surface area contributed by atoms with Crippen molar-refractivity contribution < 1.29 is 9.18 Å². The van der Waals surface area contributed by atoms with E-state index in [-0.39, 0.29) is 11.7 Å². The SMILES string of the molecule is CC1CN(C(=O)C(C#N)c2c[nH]c3cc(F)ccc23)C1. The molecule has 1 saturated heterocycles. The molecule has 3 rings (SSSR count). The summed E-state index contributed by atoms with van der Waals surface area (Å²) in [4.78, 5) is 16.9. The number of H-pyrrole nitrogens is 1. The highest BCUT2D eigenvalue weighted by molar-refractivity contribution is 5.94. The average Bonchev–Trinajstić information content (AvgIpc) is 2.79. The number of likely N-dealkylation sites (tertiary alicyclic amines) is 1. The number of aromatic nitrogens is 1. The third-order valence-corrected chi connectivity index (χ3v) is 3.74. The first-order chi connectivity index (χ1) is 9.60. The van der Waals surface area contributed by atoms with Crippen LogP contribution in [0.2, 0.25) is 0 Å². The van der Waals surface area contributed by atoms with E-state index in [1.165, 1.54) is 12.1 Å². The van der Waals surface area contributed by atoms with Crippen molar-refractivity contribution in [1.82, 2.24) is 9.88 Å². The van der Waals surface area contributed by atoms with Crippen molar-refractivity contribution in [2.75, 3.05) is 13.1 Å². The van der Waals surface area contributed by atoms with Gasteiger partial charge in [0.25, 0.3) is 0 Å². The molecular formula is C15H14FN3O. The van der Waals surface area contributed by atoms with Gasteiger partial charge in [-0.2, -0.15) is 5.26 Å². The largest absolute Gasteiger partial charge is 0.361 e. The molecule has 1 unspecified atom stereocenters. The van der Waals surface area contributed by atoms with Crippen LogP contribution in [0.15, 0.2) is 24.4 Å². The second-order valence-corrected chi connectivity index (χ2v) is 5.34. The summed E-state index contributed by atoms with van der Waals surface area (Å²) in [6, 6.07) is 6.38. The van der Waals surface area contributed by atoms with Gasteiger partial charge in [0, 0.05) is 35.8 Å². The molecular weight excluding hydrogens is 257 g/mol. The Hall–Kier alpha value is -2.35. The van der Waals surface area contributed by atoms with Crippen LogP contribution < -0.4 is 0 Å². The molecule has 2 aromatic rings. The van der Waals surface area contributed by atoms with Gasteiger partial charge in [0.2, 0.25) is 5.91 Å². The predicted octanol–water partition coefficient (Wildman–Crippen LogP) is 2.39. The number of carbonyl (C=O) groups is 1. The second kappa shape index (κ2) is 4.64. The molecule has 102 valence electrons. The van der Waals surface area contributed by atoms with Crippen LogP contribution in [0.3, 0.4) is 0 Å². The molecule has 4 nitrogen and oxygen atoms in total. The summed E-state index contributed by atoms with van der Waals surface area (Å²) in [7, 11) is 0. The summed E-state index contributed by atoms with van der Waals surface area (Å²) in [5.41, 5.74) is 1.22. The molecule has 20 heavy (non-hydrogen) atoms. The Balaban J connectivity index is 1.96. The molecule has 1 fully saturated rings. The number of carbonyl (C=O) groups excluding carboxylic acids is 1. The van der Waals surface area contributed by atoms with Gasteiger partial charge in [0.05, 0.1) is 6.07 Å². The Kier molecular flexibility index (Phi) is 2.94. The van der Waals surface area contributed by atoms with Crippen LogP contribution in [-0.4, -0.2) is 28.9 Å². The molecule has 1 aliphatic rings. The third kappa shape index (κ3) is 1.94. The summed E-state index contributed by atoms with van der Waals surface area (Å²) in [6.45, 7) is 3.47. The first kappa shape index (κ1) is 12.7. The minimum absolute atomic E-state index is 0.171. The van der Waals surface area contributed by atoms with Gasteiger partial charge in [-0.15, -0.1) is 0 Å². The number of nitriles is 1. The Morgan fingerprint density at radius 3 is 2.95 bits per heavy atom. The lowest BCUT2D eigenvalue weighted by molar-refractivity contribution is -0.137. The highest BCUT2D eigenvalue weighted by Gasteiger charge is 2.34. The number of nitrogens with zero attached hydrogens (tertiary/aromatic N) is 2. The fourth-order valence-electron chi connectivity index (χ4n) is 2.68. The predicted molar refractivity (Wildman–Crippen MR) is 72.4 cm³/mol. The molecule has 0 saturated carbocycles. The van der Waals surface area contributed by atoms with E-state index >= 15 is 0 Å². The minimum Gasteiger partial charge on any atom is -0.361 e. The normalized spacial score (nSPS) is 16.8. The van der Waals surface area contributed by atoms with E-state index in [1.54, 1.807) is 17.2 Å². The maximum absolute atomic E-state index is 13.2. The van der Waals surface area contributed by atoms with Crippen molar-refractivity contribution in [3.63, 3.8) is 0 Å². The summed E-state index contributed by atoms with van der Waals surface area (Å²) < 4.78 is 13.2. The van der Waals surface area contributed by atoms with E-state index in [0.717, 1.165) is 5.39 Å². The van der Waals surface area contributed by atoms with Gasteiger partial charge >= 0.3 is 0 Å². The topological polar surface area (TPSA) is 59.9 Å². The number of halogens is 1. The Morgan fingerprint density at radius 2 is 2.30 bits per heavy atom. The molecule has 1 aliphatic heterocycles. The lowest BCUT2D eigenvalue weighted by atomic mass is 9.94. The molecule has 0 spiro atoms. The van der Waals surface area contributed by atoms with Gasteiger partial charge in [-0.25, -0.2) is 4.39 Å². The standard InChI is InChI=1S/C15H14FN3O/c1-9-7-19(8-9)15(20)12(5-17)13-6-18-14-4-10(16)2-3-11(13)14/h2-4,6,9,12,18H,7-8H2,1H3. The maximum atomic E-state index is 13.2. The van der Waals surface area contributed by atoms with E-state index in [4.69, 9.17) is 0 Å². The van der Waals surface area contributed by atoms with E-state index in [9.17, 15) is 14.4 Å². The Morgan fingerprint density at radius 1 is 1.55 bits per heavy atom. The van der Waals surface area contributed by atoms with Crippen LogP contribution >= 0.6 is 0 Å². The summed E-state index contributed by atoms with van der Waals surface area (Å²) in [5.74, 6) is -0.852. The monoisotopic (exact) mass is 271 g/mol. The first-order valence-electron chi connectivity index (χ1n) is 6.55. The Bertz CT molecular complexity index is 709. The van der Waals surface area contributed by atoms with E-state index < -0.39 is 5.92 Å². The lowest BCUT2D eigenvalue weighted by Crippen LogP contribution is -2.50. The number of amides is 1. The zero-order valence-electron chi connectivity index (χ0n) is 11.1. The maximum Gasteiger partial charge on any atom is 0.244 e. The smallest absolute Gasteiger partial charge is 0.244 e. The van der Waals surface area contributed by atoms with Crippen LogP contribution in [0.4, 0.5) is 4.39 Å². The zero-order valence-corrected chi connectivity index (χ0v) is 11.1. The summed E-state index contributed by atoms with van der Waals surface area (Å²) in [5, 5.41) is 10.1. The summed E-state index contributed by atoms with van der Waals surface area (Å²) >= 11 is 0. The van der Waals surface area contributed by atoms with E-state index in [0.29, 0.717) is 30.1 Å². The van der Waals surface area contributed by atoms with Crippen molar-refractivity contribution >= 4 is 16.8 Å². The quantitative estimate of drug-likeness (QED) is 0.911. The van der Waals surface area contributed by atoms with Gasteiger partial charge in [-0.05, 0) is 24.1 Å². The lowest BCUT2D eigenvalue weighted by Gasteiger charge is -2.38. The van der Waals surface area contributed by atoms with Crippen LogP contribution in [0.1, 0.15) is 18.4 Å². The number of hydrogen-bond donors (Lipinski definition) is 1. The highest BCUT2D eigenvalue weighted by atomic mass is 19.1. The van der Waals surface area contributed by atoms with E-state index in [1.807, 2.05) is 0 Å². The number of nitrogens with one attached hydrogen (secondary N) is 1. The van der Waals surface area contributed by atoms with Crippen molar-refractivity contribution in [3.8, 4) is 6.07 Å². The number of rotatable bonds is 2. The fraction of sp³-hybridized carbons (Fsp3) is 0.333. The van der Waals surface area contributed by atoms with Crippen molar-refractivity contribution in [3.05, 3.63) is 35.8 Å². The van der Waals surface area contributed by atoms with Crippen molar-refractivity contribution in [2.45, 2.75) is 12.8 Å². The molecule has 1 atom stereocenters. The van der Waals surface area contributed by atoms with Crippen molar-refractivity contribution in [2.24, 2.45) is 5.92 Å². The Labute approximate surface area is 115 Å². The van der Waals surface area contributed by atoms with Crippen LogP contribution in [0.5, 0.6) is 0 Å². The number of benzene rings is 1. The first-order valence-corrected chi connectivity index (χ1v) is 6.55. The van der Waals surface area contributed by atoms with Gasteiger partial charge in [0.1, 0.15) is 5.82 Å².